The molecule has 0 saturated carbocycles. The van der Waals surface area contributed by atoms with Crippen molar-refractivity contribution in [2.45, 2.75) is 42.8 Å². The van der Waals surface area contributed by atoms with Gasteiger partial charge in [0.15, 0.2) is 9.84 Å². The zero-order valence-electron chi connectivity index (χ0n) is 9.81. The molecule has 4 heteroatoms. The van der Waals surface area contributed by atoms with Crippen LogP contribution in [-0.2, 0) is 22.7 Å². The lowest BCUT2D eigenvalue weighted by molar-refractivity contribution is 0.584. The molecule has 0 fully saturated rings. The number of nitriles is 1. The van der Waals surface area contributed by atoms with E-state index < -0.39 is 15.1 Å². The zero-order valence-corrected chi connectivity index (χ0v) is 10.6. The van der Waals surface area contributed by atoms with E-state index >= 15 is 0 Å². The molecule has 90 valence electrons. The van der Waals surface area contributed by atoms with E-state index in [0.29, 0.717) is 4.90 Å². The summed E-state index contributed by atoms with van der Waals surface area (Å²) < 4.78 is 24.3. The predicted molar refractivity (Wildman–Crippen MR) is 65.3 cm³/mol. The van der Waals surface area contributed by atoms with Gasteiger partial charge in [0.25, 0.3) is 0 Å². The van der Waals surface area contributed by atoms with E-state index in [2.05, 4.69) is 0 Å². The van der Waals surface area contributed by atoms with Gasteiger partial charge < -0.3 is 0 Å². The number of nitrogens with zero attached hydrogens (tertiary/aromatic N) is 1. The average molecular weight is 249 g/mol. The highest BCUT2D eigenvalue weighted by Gasteiger charge is 2.24. The summed E-state index contributed by atoms with van der Waals surface area (Å²) in [5.74, 6) is 0. The number of fused-ring (bicyclic) bond motifs is 1. The summed E-state index contributed by atoms with van der Waals surface area (Å²) in [7, 11) is -3.35. The van der Waals surface area contributed by atoms with Crippen molar-refractivity contribution in [3.8, 4) is 6.07 Å². The highest BCUT2D eigenvalue weighted by molar-refractivity contribution is 7.92. The van der Waals surface area contributed by atoms with Crippen molar-refractivity contribution < 1.29 is 8.42 Å². The quantitative estimate of drug-likeness (QED) is 0.825. The van der Waals surface area contributed by atoms with Crippen LogP contribution in [0.5, 0.6) is 0 Å². The highest BCUT2D eigenvalue weighted by Crippen LogP contribution is 2.26. The molecule has 1 aromatic carbocycles. The number of benzene rings is 1. The molecule has 17 heavy (non-hydrogen) atoms. The Kier molecular flexibility index (Phi) is 3.21. The Morgan fingerprint density at radius 1 is 1.35 bits per heavy atom. The maximum atomic E-state index is 12.2. The van der Waals surface area contributed by atoms with Crippen molar-refractivity contribution in [3.05, 3.63) is 29.3 Å². The van der Waals surface area contributed by atoms with E-state index in [-0.39, 0.29) is 6.42 Å². The van der Waals surface area contributed by atoms with Gasteiger partial charge in [-0.2, -0.15) is 5.26 Å². The SMILES string of the molecule is CC(CC#N)S(=O)(=O)c1ccc2c(c1)CCC2. The molecule has 2 rings (SSSR count). The van der Waals surface area contributed by atoms with Crippen LogP contribution >= 0.6 is 0 Å². The Bertz CT molecular complexity index is 570. The van der Waals surface area contributed by atoms with Crippen LogP contribution < -0.4 is 0 Å². The summed E-state index contributed by atoms with van der Waals surface area (Å²) in [5, 5.41) is 7.95. The lowest BCUT2D eigenvalue weighted by Gasteiger charge is -2.11. The van der Waals surface area contributed by atoms with Crippen LogP contribution in [0.3, 0.4) is 0 Å². The molecule has 0 radical (unpaired) electrons. The van der Waals surface area contributed by atoms with Gasteiger partial charge >= 0.3 is 0 Å². The number of hydrogen-bond acceptors (Lipinski definition) is 3. The molecule has 0 spiro atoms. The van der Waals surface area contributed by atoms with Crippen molar-refractivity contribution in [2.24, 2.45) is 0 Å². The van der Waals surface area contributed by atoms with Crippen molar-refractivity contribution in [1.29, 1.82) is 5.26 Å². The zero-order chi connectivity index (χ0) is 12.5. The van der Waals surface area contributed by atoms with Crippen LogP contribution in [0.25, 0.3) is 0 Å². The van der Waals surface area contributed by atoms with E-state index in [1.807, 2.05) is 12.1 Å². The summed E-state index contributed by atoms with van der Waals surface area (Å²) >= 11 is 0. The molecule has 0 bridgehead atoms. The van der Waals surface area contributed by atoms with E-state index in [1.54, 1.807) is 19.1 Å². The molecule has 1 unspecified atom stereocenters. The molecule has 1 aromatic rings. The first-order valence-electron chi connectivity index (χ1n) is 5.78. The van der Waals surface area contributed by atoms with Crippen LogP contribution in [0.2, 0.25) is 0 Å². The summed E-state index contributed by atoms with van der Waals surface area (Å²) in [6, 6.07) is 7.28. The predicted octanol–water partition coefficient (Wildman–Crippen LogP) is 2.25. The maximum Gasteiger partial charge on any atom is 0.181 e. The van der Waals surface area contributed by atoms with E-state index in [4.69, 9.17) is 5.26 Å². The van der Waals surface area contributed by atoms with Gasteiger partial charge in [0.2, 0.25) is 0 Å². The normalized spacial score (nSPS) is 16.2. The molecule has 1 atom stereocenters. The van der Waals surface area contributed by atoms with Crippen LogP contribution in [0, 0.1) is 11.3 Å². The first-order chi connectivity index (χ1) is 8.05. The topological polar surface area (TPSA) is 57.9 Å². The molecule has 0 saturated heterocycles. The number of hydrogen-bond donors (Lipinski definition) is 0. The third-order valence-corrected chi connectivity index (χ3v) is 5.44. The molecule has 0 aromatic heterocycles. The summed E-state index contributed by atoms with van der Waals surface area (Å²) in [6.07, 6.45) is 3.15. The van der Waals surface area contributed by atoms with Gasteiger partial charge in [-0.25, -0.2) is 8.42 Å². The Morgan fingerprint density at radius 2 is 2.06 bits per heavy atom. The summed E-state index contributed by atoms with van der Waals surface area (Å²) in [6.45, 7) is 1.59. The van der Waals surface area contributed by atoms with Crippen molar-refractivity contribution in [2.75, 3.05) is 0 Å². The van der Waals surface area contributed by atoms with Crippen molar-refractivity contribution >= 4 is 9.84 Å². The van der Waals surface area contributed by atoms with Gasteiger partial charge in [0.1, 0.15) is 0 Å². The fourth-order valence-corrected chi connectivity index (χ4v) is 3.52. The monoisotopic (exact) mass is 249 g/mol. The molecular weight excluding hydrogens is 234 g/mol. The van der Waals surface area contributed by atoms with Crippen LogP contribution in [0.1, 0.15) is 30.9 Å². The number of rotatable bonds is 3. The van der Waals surface area contributed by atoms with Gasteiger partial charge in [0, 0.05) is 0 Å². The lowest BCUT2D eigenvalue weighted by Crippen LogP contribution is -2.17. The molecule has 0 amide bonds. The third-order valence-electron chi connectivity index (χ3n) is 3.31. The second-order valence-electron chi connectivity index (χ2n) is 4.50. The molecule has 0 aliphatic heterocycles. The fourth-order valence-electron chi connectivity index (χ4n) is 2.20. The largest absolute Gasteiger partial charge is 0.223 e. The Balaban J connectivity index is 2.38. The van der Waals surface area contributed by atoms with Crippen LogP contribution in [0.15, 0.2) is 23.1 Å². The lowest BCUT2D eigenvalue weighted by atomic mass is 10.1. The first kappa shape index (κ1) is 12.1. The Morgan fingerprint density at radius 3 is 2.76 bits per heavy atom. The van der Waals surface area contributed by atoms with Crippen molar-refractivity contribution in [3.63, 3.8) is 0 Å². The number of sulfone groups is 1. The molecule has 3 nitrogen and oxygen atoms in total. The minimum absolute atomic E-state index is 0.0411. The van der Waals surface area contributed by atoms with Gasteiger partial charge in [0.05, 0.1) is 22.6 Å². The van der Waals surface area contributed by atoms with Crippen LogP contribution in [-0.4, -0.2) is 13.7 Å². The summed E-state index contributed by atoms with van der Waals surface area (Å²) in [4.78, 5) is 0.362. The van der Waals surface area contributed by atoms with E-state index in [9.17, 15) is 8.42 Å². The molecule has 1 aliphatic rings. The highest BCUT2D eigenvalue weighted by atomic mass is 32.2. The summed E-state index contributed by atoms with van der Waals surface area (Å²) in [5.41, 5.74) is 2.41. The van der Waals surface area contributed by atoms with Gasteiger partial charge in [-0.05, 0) is 49.4 Å². The molecule has 1 aliphatic carbocycles. The Labute approximate surface area is 102 Å². The number of aryl methyl sites for hydroxylation is 2. The molecular formula is C13H15NO2S. The van der Waals surface area contributed by atoms with E-state index in [0.717, 1.165) is 24.8 Å². The molecule has 0 heterocycles. The third kappa shape index (κ3) is 2.20. The average Bonchev–Trinajstić information content (AvgIpc) is 2.76. The van der Waals surface area contributed by atoms with Crippen LogP contribution in [0.4, 0.5) is 0 Å². The fraction of sp³-hybridized carbons (Fsp3) is 0.462. The van der Waals surface area contributed by atoms with Gasteiger partial charge in [-0.1, -0.05) is 6.07 Å². The smallest absolute Gasteiger partial charge is 0.181 e. The second kappa shape index (κ2) is 4.50. The minimum atomic E-state index is -3.35. The molecule has 0 N–H and O–H groups in total. The minimum Gasteiger partial charge on any atom is -0.223 e. The maximum absolute atomic E-state index is 12.2. The van der Waals surface area contributed by atoms with Crippen molar-refractivity contribution in [1.82, 2.24) is 0 Å². The van der Waals surface area contributed by atoms with Gasteiger partial charge in [-0.3, -0.25) is 0 Å². The second-order valence-corrected chi connectivity index (χ2v) is 6.87. The first-order valence-corrected chi connectivity index (χ1v) is 7.33. The van der Waals surface area contributed by atoms with E-state index in [1.165, 1.54) is 5.56 Å². The Hall–Kier alpha value is -1.34. The standard InChI is InChI=1S/C13H15NO2S/c1-10(7-8-14)17(15,16)13-6-5-11-3-2-4-12(11)9-13/h5-6,9-10H,2-4,7H2,1H3. The van der Waals surface area contributed by atoms with Gasteiger partial charge in [-0.15, -0.1) is 0 Å².